The van der Waals surface area contributed by atoms with E-state index in [2.05, 4.69) is 27.3 Å². The molecule has 0 saturated carbocycles. The fourth-order valence-electron chi connectivity index (χ4n) is 5.97. The average molecular weight is 532 g/mol. The number of ether oxygens (including phenoxy) is 1. The molecule has 38 heavy (non-hydrogen) atoms. The van der Waals surface area contributed by atoms with Crippen molar-refractivity contribution in [3.8, 4) is 16.9 Å². The first-order valence-electron chi connectivity index (χ1n) is 14.0. The second kappa shape index (κ2) is 12.8. The molecule has 0 radical (unpaired) electrons. The summed E-state index contributed by atoms with van der Waals surface area (Å²) >= 11 is 5.87. The number of fused-ring (bicyclic) bond motifs is 1. The topological polar surface area (TPSA) is 54.5 Å². The minimum atomic E-state index is -0.0226. The minimum absolute atomic E-state index is 0.0226. The molecule has 1 aliphatic heterocycles. The van der Waals surface area contributed by atoms with Gasteiger partial charge in [0.15, 0.2) is 0 Å². The number of carbonyl (C=O) groups excluding carboxylic acids is 1. The summed E-state index contributed by atoms with van der Waals surface area (Å²) in [6.07, 6.45) is 11.1. The highest BCUT2D eigenvalue weighted by Gasteiger charge is 2.26. The third-order valence-electron chi connectivity index (χ3n) is 8.14. The number of benzene rings is 2. The van der Waals surface area contributed by atoms with Gasteiger partial charge in [-0.3, -0.25) is 4.79 Å². The Morgan fingerprint density at radius 1 is 1.00 bits per heavy atom. The summed E-state index contributed by atoms with van der Waals surface area (Å²) in [5.74, 6) is 1.74. The van der Waals surface area contributed by atoms with Crippen molar-refractivity contribution >= 4 is 17.5 Å². The predicted octanol–water partition coefficient (Wildman–Crippen LogP) is 6.68. The van der Waals surface area contributed by atoms with Crippen LogP contribution in [0.3, 0.4) is 0 Å². The molecule has 0 bridgehead atoms. The van der Waals surface area contributed by atoms with E-state index in [0.717, 1.165) is 50.0 Å². The number of unbranched alkanes of at least 4 members (excludes halogenated alkanes) is 1. The van der Waals surface area contributed by atoms with Gasteiger partial charge in [0.1, 0.15) is 10.9 Å². The first-order valence-corrected chi connectivity index (χ1v) is 14.4. The Morgan fingerprint density at radius 3 is 2.50 bits per heavy atom. The van der Waals surface area contributed by atoms with Crippen molar-refractivity contribution in [2.24, 2.45) is 0 Å². The summed E-state index contributed by atoms with van der Waals surface area (Å²) in [7, 11) is 1.84. The zero-order chi connectivity index (χ0) is 26.3. The van der Waals surface area contributed by atoms with Crippen LogP contribution in [0.15, 0.2) is 54.7 Å². The van der Waals surface area contributed by atoms with E-state index >= 15 is 0 Å². The SMILES string of the molecule is COc1c(C2CCN(CCCCNC(=O)c3ccc(-c4ccc(Cl)nc4)cc3)CC2)ccc2c1CCCC2. The number of likely N-dealkylation sites (tertiary alicyclic amines) is 1. The molecule has 0 unspecified atom stereocenters. The molecule has 1 saturated heterocycles. The molecule has 1 amide bonds. The van der Waals surface area contributed by atoms with Crippen LogP contribution in [0.5, 0.6) is 5.75 Å². The lowest BCUT2D eigenvalue weighted by molar-refractivity contribution is 0.0952. The molecule has 1 fully saturated rings. The monoisotopic (exact) mass is 531 g/mol. The van der Waals surface area contributed by atoms with Crippen LogP contribution in [-0.2, 0) is 12.8 Å². The molecule has 2 aliphatic rings. The van der Waals surface area contributed by atoms with E-state index in [-0.39, 0.29) is 5.91 Å². The van der Waals surface area contributed by atoms with E-state index in [1.54, 1.807) is 12.3 Å². The van der Waals surface area contributed by atoms with Crippen LogP contribution < -0.4 is 10.1 Å². The van der Waals surface area contributed by atoms with E-state index in [4.69, 9.17) is 16.3 Å². The van der Waals surface area contributed by atoms with Gasteiger partial charge in [-0.25, -0.2) is 4.98 Å². The van der Waals surface area contributed by atoms with Gasteiger partial charge in [-0.2, -0.15) is 0 Å². The van der Waals surface area contributed by atoms with E-state index in [1.165, 1.54) is 54.5 Å². The molecule has 1 aromatic heterocycles. The zero-order valence-electron chi connectivity index (χ0n) is 22.3. The molecular formula is C32H38ClN3O2. The van der Waals surface area contributed by atoms with Crippen molar-refractivity contribution in [2.45, 2.75) is 57.3 Å². The molecule has 5 rings (SSSR count). The number of hydrogen-bond donors (Lipinski definition) is 1. The Bertz CT molecular complexity index is 1220. The number of nitrogens with one attached hydrogen (secondary N) is 1. The zero-order valence-corrected chi connectivity index (χ0v) is 23.1. The van der Waals surface area contributed by atoms with Gasteiger partial charge in [0.25, 0.3) is 5.91 Å². The molecule has 5 nitrogen and oxygen atoms in total. The molecule has 1 N–H and O–H groups in total. The van der Waals surface area contributed by atoms with Gasteiger partial charge in [0.05, 0.1) is 7.11 Å². The Hall–Kier alpha value is -2.89. The molecule has 3 aromatic rings. The standard InChI is InChI=1S/C32H38ClN3O2/c1-38-31-28-7-3-2-6-24(28)12-14-29(31)25-16-20-36(21-17-25)19-5-4-18-34-32(37)26-10-8-23(9-11-26)27-13-15-30(33)35-22-27/h8-15,22,25H,2-7,16-21H2,1H3,(H,34,37). The lowest BCUT2D eigenvalue weighted by Gasteiger charge is -2.33. The maximum atomic E-state index is 12.6. The number of amides is 1. The van der Waals surface area contributed by atoms with E-state index in [1.807, 2.05) is 37.4 Å². The summed E-state index contributed by atoms with van der Waals surface area (Å²) in [5, 5.41) is 3.54. The van der Waals surface area contributed by atoms with Crippen LogP contribution >= 0.6 is 11.6 Å². The highest BCUT2D eigenvalue weighted by Crippen LogP contribution is 2.40. The lowest BCUT2D eigenvalue weighted by Crippen LogP contribution is -2.34. The Kier molecular flexibility index (Phi) is 8.98. The molecule has 2 heterocycles. The second-order valence-electron chi connectivity index (χ2n) is 10.6. The minimum Gasteiger partial charge on any atom is -0.496 e. The second-order valence-corrected chi connectivity index (χ2v) is 10.9. The Morgan fingerprint density at radius 2 is 1.76 bits per heavy atom. The number of aryl methyl sites for hydroxylation is 1. The van der Waals surface area contributed by atoms with Crippen molar-refractivity contribution in [3.63, 3.8) is 0 Å². The van der Waals surface area contributed by atoms with Crippen LogP contribution in [0.4, 0.5) is 0 Å². The number of nitrogens with zero attached hydrogens (tertiary/aromatic N) is 2. The van der Waals surface area contributed by atoms with Crippen LogP contribution in [0.25, 0.3) is 11.1 Å². The maximum absolute atomic E-state index is 12.6. The van der Waals surface area contributed by atoms with Crippen molar-refractivity contribution in [1.29, 1.82) is 0 Å². The van der Waals surface area contributed by atoms with Gasteiger partial charge in [-0.15, -0.1) is 0 Å². The number of pyridine rings is 1. The first-order chi connectivity index (χ1) is 18.6. The van der Waals surface area contributed by atoms with Crippen LogP contribution in [0, 0.1) is 0 Å². The number of halogens is 1. The summed E-state index contributed by atoms with van der Waals surface area (Å²) in [4.78, 5) is 19.3. The third kappa shape index (κ3) is 6.39. The van der Waals surface area contributed by atoms with Crippen LogP contribution in [-0.4, -0.2) is 49.1 Å². The van der Waals surface area contributed by atoms with Gasteiger partial charge in [0.2, 0.25) is 0 Å². The van der Waals surface area contributed by atoms with Gasteiger partial charge in [0, 0.05) is 23.9 Å². The number of carbonyl (C=O) groups is 1. The summed E-state index contributed by atoms with van der Waals surface area (Å²) < 4.78 is 5.94. The van der Waals surface area contributed by atoms with Crippen molar-refractivity contribution in [2.75, 3.05) is 33.3 Å². The highest BCUT2D eigenvalue weighted by atomic mass is 35.5. The summed E-state index contributed by atoms with van der Waals surface area (Å²) in [5.41, 5.74) is 7.06. The quantitative estimate of drug-likeness (QED) is 0.247. The number of methoxy groups -OCH3 is 1. The van der Waals surface area contributed by atoms with Gasteiger partial charge < -0.3 is 15.0 Å². The van der Waals surface area contributed by atoms with Crippen molar-refractivity contribution < 1.29 is 9.53 Å². The van der Waals surface area contributed by atoms with Crippen LogP contribution in [0.1, 0.15) is 71.5 Å². The number of hydrogen-bond acceptors (Lipinski definition) is 4. The largest absolute Gasteiger partial charge is 0.496 e. The molecule has 0 atom stereocenters. The van der Waals surface area contributed by atoms with E-state index in [9.17, 15) is 4.79 Å². The molecule has 6 heteroatoms. The van der Waals surface area contributed by atoms with Crippen LogP contribution in [0.2, 0.25) is 5.15 Å². The Labute approximate surface area is 231 Å². The Balaban J connectivity index is 1.02. The molecule has 1 aliphatic carbocycles. The van der Waals surface area contributed by atoms with Crippen molar-refractivity contribution in [3.05, 3.63) is 82.1 Å². The van der Waals surface area contributed by atoms with E-state index in [0.29, 0.717) is 23.2 Å². The molecule has 2 aromatic carbocycles. The van der Waals surface area contributed by atoms with Crippen molar-refractivity contribution in [1.82, 2.24) is 15.2 Å². The van der Waals surface area contributed by atoms with Gasteiger partial charge in [-0.05, 0) is 123 Å². The predicted molar refractivity (Wildman–Crippen MR) is 154 cm³/mol. The first kappa shape index (κ1) is 26.7. The number of aromatic nitrogens is 1. The van der Waals surface area contributed by atoms with E-state index < -0.39 is 0 Å². The maximum Gasteiger partial charge on any atom is 0.251 e. The summed E-state index contributed by atoms with van der Waals surface area (Å²) in [6.45, 7) is 4.05. The normalized spacial score (nSPS) is 16.2. The lowest BCUT2D eigenvalue weighted by atomic mass is 9.83. The average Bonchev–Trinajstić information content (AvgIpc) is 2.97. The highest BCUT2D eigenvalue weighted by molar-refractivity contribution is 6.29. The third-order valence-corrected chi connectivity index (χ3v) is 8.36. The number of piperidine rings is 1. The smallest absolute Gasteiger partial charge is 0.251 e. The molecule has 200 valence electrons. The molecular weight excluding hydrogens is 494 g/mol. The fourth-order valence-corrected chi connectivity index (χ4v) is 6.08. The summed E-state index contributed by atoms with van der Waals surface area (Å²) in [6, 6.07) is 16.0. The molecule has 0 spiro atoms. The fraction of sp³-hybridized carbons (Fsp3) is 0.438. The van der Waals surface area contributed by atoms with Gasteiger partial charge >= 0.3 is 0 Å². The number of rotatable bonds is 9. The van der Waals surface area contributed by atoms with Gasteiger partial charge in [-0.1, -0.05) is 35.9 Å².